The Morgan fingerprint density at radius 1 is 1.32 bits per heavy atom. The summed E-state index contributed by atoms with van der Waals surface area (Å²) in [4.78, 5) is 19.2. The van der Waals surface area contributed by atoms with Crippen molar-refractivity contribution in [1.29, 1.82) is 0 Å². The minimum atomic E-state index is -0.526. The highest BCUT2D eigenvalue weighted by atomic mass is 32.1. The lowest BCUT2D eigenvalue weighted by atomic mass is 9.86. The van der Waals surface area contributed by atoms with E-state index >= 15 is 0 Å². The van der Waals surface area contributed by atoms with E-state index in [1.54, 1.807) is 17.0 Å². The number of aromatic hydroxyl groups is 1. The number of anilines is 1. The zero-order valence-electron chi connectivity index (χ0n) is 18.1. The van der Waals surface area contributed by atoms with Crippen LogP contribution in [0.4, 0.5) is 10.6 Å². The fourth-order valence-corrected chi connectivity index (χ4v) is 4.29. The Kier molecular flexibility index (Phi) is 5.75. The van der Waals surface area contributed by atoms with Gasteiger partial charge in [0.2, 0.25) is 0 Å². The molecule has 3 N–H and O–H groups in total. The molecule has 164 valence electrons. The molecule has 1 aromatic heterocycles. The summed E-state index contributed by atoms with van der Waals surface area (Å²) in [5.74, 6) is 1.02. The van der Waals surface area contributed by atoms with E-state index in [0.29, 0.717) is 41.8 Å². The van der Waals surface area contributed by atoms with Gasteiger partial charge < -0.3 is 25.4 Å². The number of hydrogen-bond acceptors (Lipinski definition) is 5. The van der Waals surface area contributed by atoms with Crippen molar-refractivity contribution in [2.45, 2.75) is 51.7 Å². The molecule has 1 amide bonds. The number of thiocarbonyl (C=S) groups is 1. The summed E-state index contributed by atoms with van der Waals surface area (Å²) in [6.07, 6.45) is 1.57. The standard InChI is InChI=1S/C23H28N4O3S/c1-23(2,3)30-22(29)27-10-6-7-14(13-27)16-11-18(15-8-4-5-9-19(15)28)25-20-17(16)12-24-21(31)26-20/h4-5,8-9,11,14,28H,6-7,10,12-13H2,1-3H3,(H2,24,25,26,31). The van der Waals surface area contributed by atoms with Crippen molar-refractivity contribution in [3.8, 4) is 17.0 Å². The molecule has 1 saturated heterocycles. The van der Waals surface area contributed by atoms with Crippen molar-refractivity contribution in [1.82, 2.24) is 15.2 Å². The van der Waals surface area contributed by atoms with Gasteiger partial charge in [0.15, 0.2) is 5.11 Å². The molecule has 4 rings (SSSR count). The lowest BCUT2D eigenvalue weighted by Crippen LogP contribution is -2.43. The van der Waals surface area contributed by atoms with Crippen LogP contribution in [-0.4, -0.2) is 44.9 Å². The van der Waals surface area contributed by atoms with Crippen molar-refractivity contribution in [2.24, 2.45) is 0 Å². The molecule has 0 saturated carbocycles. The van der Waals surface area contributed by atoms with Crippen LogP contribution in [0.3, 0.4) is 0 Å². The maximum atomic E-state index is 12.7. The lowest BCUT2D eigenvalue weighted by molar-refractivity contribution is 0.0198. The molecule has 2 aromatic rings. The average Bonchev–Trinajstić information content (AvgIpc) is 2.72. The summed E-state index contributed by atoms with van der Waals surface area (Å²) >= 11 is 5.29. The van der Waals surface area contributed by atoms with Crippen molar-refractivity contribution in [3.05, 3.63) is 41.5 Å². The fourth-order valence-electron chi connectivity index (χ4n) is 4.12. The number of fused-ring (bicyclic) bond motifs is 1. The number of nitrogens with one attached hydrogen (secondary N) is 2. The van der Waals surface area contributed by atoms with Crippen LogP contribution in [0.2, 0.25) is 0 Å². The van der Waals surface area contributed by atoms with Crippen LogP contribution in [0.25, 0.3) is 11.3 Å². The third-order valence-corrected chi connectivity index (χ3v) is 5.76. The third-order valence-electron chi connectivity index (χ3n) is 5.51. The highest BCUT2D eigenvalue weighted by Gasteiger charge is 2.31. The molecule has 1 unspecified atom stereocenters. The second-order valence-corrected chi connectivity index (χ2v) is 9.42. The molecule has 1 atom stereocenters. The van der Waals surface area contributed by atoms with Crippen LogP contribution in [-0.2, 0) is 11.3 Å². The Labute approximate surface area is 187 Å². The predicted molar refractivity (Wildman–Crippen MR) is 124 cm³/mol. The van der Waals surface area contributed by atoms with Crippen molar-refractivity contribution in [3.63, 3.8) is 0 Å². The molecule has 7 nitrogen and oxygen atoms in total. The molecule has 0 radical (unpaired) electrons. The largest absolute Gasteiger partial charge is 0.507 e. The molecule has 1 aromatic carbocycles. The van der Waals surface area contributed by atoms with Crippen molar-refractivity contribution >= 4 is 29.2 Å². The van der Waals surface area contributed by atoms with E-state index in [0.717, 1.165) is 24.0 Å². The molecule has 0 bridgehead atoms. The van der Waals surface area contributed by atoms with Gasteiger partial charge in [0.1, 0.15) is 17.2 Å². The van der Waals surface area contributed by atoms with E-state index < -0.39 is 5.60 Å². The Morgan fingerprint density at radius 2 is 2.10 bits per heavy atom. The molecular formula is C23H28N4O3S. The fraction of sp³-hybridized carbons (Fsp3) is 0.435. The summed E-state index contributed by atoms with van der Waals surface area (Å²) in [7, 11) is 0. The molecule has 2 aliphatic rings. The summed E-state index contributed by atoms with van der Waals surface area (Å²) < 4.78 is 5.60. The first-order valence-electron chi connectivity index (χ1n) is 10.6. The van der Waals surface area contributed by atoms with E-state index in [4.69, 9.17) is 21.9 Å². The minimum absolute atomic E-state index is 0.137. The number of pyridine rings is 1. The van der Waals surface area contributed by atoms with E-state index in [9.17, 15) is 9.90 Å². The normalized spacial score (nSPS) is 18.6. The number of carbonyl (C=O) groups excluding carboxylic acids is 1. The number of hydrogen-bond donors (Lipinski definition) is 3. The number of nitrogens with zero attached hydrogens (tertiary/aromatic N) is 2. The summed E-state index contributed by atoms with van der Waals surface area (Å²) in [6.45, 7) is 7.48. The van der Waals surface area contributed by atoms with Gasteiger partial charge in [-0.05, 0) is 69.6 Å². The molecule has 0 aliphatic carbocycles. The smallest absolute Gasteiger partial charge is 0.410 e. The van der Waals surface area contributed by atoms with Gasteiger partial charge in [-0.1, -0.05) is 12.1 Å². The van der Waals surface area contributed by atoms with Gasteiger partial charge in [-0.25, -0.2) is 9.78 Å². The van der Waals surface area contributed by atoms with Crippen LogP contribution >= 0.6 is 12.2 Å². The first-order chi connectivity index (χ1) is 14.7. The number of amides is 1. The van der Waals surface area contributed by atoms with Crippen LogP contribution in [0, 0.1) is 0 Å². The quantitative estimate of drug-likeness (QED) is 0.598. The third kappa shape index (κ3) is 4.74. The highest BCUT2D eigenvalue weighted by Crippen LogP contribution is 2.38. The number of piperidine rings is 1. The zero-order chi connectivity index (χ0) is 22.2. The number of benzene rings is 1. The maximum Gasteiger partial charge on any atom is 0.410 e. The first kappa shape index (κ1) is 21.4. The van der Waals surface area contributed by atoms with Crippen LogP contribution in [0.15, 0.2) is 30.3 Å². The van der Waals surface area contributed by atoms with Crippen molar-refractivity contribution < 1.29 is 14.6 Å². The van der Waals surface area contributed by atoms with E-state index in [1.165, 1.54) is 0 Å². The summed E-state index contributed by atoms with van der Waals surface area (Å²) in [6, 6.07) is 9.20. The highest BCUT2D eigenvalue weighted by molar-refractivity contribution is 7.80. The number of carbonyl (C=O) groups is 1. The number of phenolic OH excluding ortho intramolecular Hbond substituents is 1. The number of para-hydroxylation sites is 1. The predicted octanol–water partition coefficient (Wildman–Crippen LogP) is 4.37. The number of phenols is 1. The Bertz CT molecular complexity index is 1020. The van der Waals surface area contributed by atoms with E-state index in [-0.39, 0.29) is 17.8 Å². The van der Waals surface area contributed by atoms with Crippen LogP contribution in [0.5, 0.6) is 5.75 Å². The Balaban J connectivity index is 1.70. The number of aromatic nitrogens is 1. The SMILES string of the molecule is CC(C)(C)OC(=O)N1CCCC(c2cc(-c3ccccc3O)nc3c2CNC(=S)N3)C1. The monoisotopic (exact) mass is 440 g/mol. The molecule has 1 fully saturated rings. The first-order valence-corrected chi connectivity index (χ1v) is 11.0. The molecule has 3 heterocycles. The Morgan fingerprint density at radius 3 is 2.84 bits per heavy atom. The average molecular weight is 441 g/mol. The Hall–Kier alpha value is -2.87. The minimum Gasteiger partial charge on any atom is -0.507 e. The van der Waals surface area contributed by atoms with E-state index in [1.807, 2.05) is 39.0 Å². The van der Waals surface area contributed by atoms with Crippen molar-refractivity contribution in [2.75, 3.05) is 18.4 Å². The van der Waals surface area contributed by atoms with Gasteiger partial charge in [-0.15, -0.1) is 0 Å². The maximum absolute atomic E-state index is 12.7. The molecular weight excluding hydrogens is 412 g/mol. The van der Waals surface area contributed by atoms with Gasteiger partial charge in [0.25, 0.3) is 0 Å². The number of ether oxygens (including phenoxy) is 1. The molecule has 31 heavy (non-hydrogen) atoms. The van der Waals surface area contributed by atoms with Gasteiger partial charge >= 0.3 is 6.09 Å². The molecule has 2 aliphatic heterocycles. The molecule has 0 spiro atoms. The van der Waals surface area contributed by atoms with E-state index in [2.05, 4.69) is 10.6 Å². The van der Waals surface area contributed by atoms with Gasteiger partial charge in [-0.3, -0.25) is 0 Å². The van der Waals surface area contributed by atoms with Crippen LogP contribution < -0.4 is 10.6 Å². The van der Waals surface area contributed by atoms with Crippen LogP contribution in [0.1, 0.15) is 50.7 Å². The summed E-state index contributed by atoms with van der Waals surface area (Å²) in [5.41, 5.74) is 2.97. The molecule has 8 heteroatoms. The number of rotatable bonds is 2. The lowest BCUT2D eigenvalue weighted by Gasteiger charge is -2.36. The second-order valence-electron chi connectivity index (χ2n) is 9.01. The van der Waals surface area contributed by atoms with Gasteiger partial charge in [0, 0.05) is 36.7 Å². The topological polar surface area (TPSA) is 86.7 Å². The zero-order valence-corrected chi connectivity index (χ0v) is 18.9. The second kappa shape index (κ2) is 8.34. The van der Waals surface area contributed by atoms with Gasteiger partial charge in [0.05, 0.1) is 5.69 Å². The summed E-state index contributed by atoms with van der Waals surface area (Å²) in [5, 5.41) is 17.2. The van der Waals surface area contributed by atoms with Gasteiger partial charge in [-0.2, -0.15) is 0 Å². The number of likely N-dealkylation sites (tertiary alicyclic amines) is 1.